The van der Waals surface area contributed by atoms with Gasteiger partial charge < -0.3 is 14.2 Å². The molecule has 1 aliphatic rings. The second-order valence-electron chi connectivity index (χ2n) is 13.5. The molecule has 0 aliphatic heterocycles. The summed E-state index contributed by atoms with van der Waals surface area (Å²) in [4.78, 5) is 24.8. The Bertz CT molecular complexity index is 1370. The van der Waals surface area contributed by atoms with Gasteiger partial charge in [0.15, 0.2) is 0 Å². The minimum absolute atomic E-state index is 0.163. The molecule has 5 heteroatoms. The Morgan fingerprint density at radius 3 is 2.10 bits per heavy atom. The lowest BCUT2D eigenvalue weighted by atomic mass is 9.95. The highest BCUT2D eigenvalue weighted by atomic mass is 16.6. The van der Waals surface area contributed by atoms with Gasteiger partial charge in [-0.05, 0) is 107 Å². The molecule has 0 amide bonds. The van der Waals surface area contributed by atoms with Crippen molar-refractivity contribution < 1.29 is 23.8 Å². The average Bonchev–Trinajstić information content (AvgIpc) is 3.73. The molecular weight excluding hydrogens is 524 g/mol. The van der Waals surface area contributed by atoms with Crippen LogP contribution in [0.2, 0.25) is 0 Å². The second kappa shape index (κ2) is 13.6. The first kappa shape index (κ1) is 31.3. The Morgan fingerprint density at radius 2 is 1.38 bits per heavy atom. The molecule has 0 unspecified atom stereocenters. The zero-order valence-electron chi connectivity index (χ0n) is 26.1. The fourth-order valence-electron chi connectivity index (χ4n) is 4.96. The van der Waals surface area contributed by atoms with Gasteiger partial charge >= 0.3 is 11.9 Å². The summed E-state index contributed by atoms with van der Waals surface area (Å²) in [5.74, 6) is 1.09. The number of aryl methyl sites for hydroxylation is 2. The Balaban J connectivity index is 1.50. The number of benzene rings is 3. The molecule has 4 rings (SSSR count). The minimum atomic E-state index is -0.531. The van der Waals surface area contributed by atoms with Crippen LogP contribution in [0.15, 0.2) is 66.7 Å². The van der Waals surface area contributed by atoms with Crippen LogP contribution in [0.25, 0.3) is 11.1 Å². The lowest BCUT2D eigenvalue weighted by molar-refractivity contribution is -0.155. The summed E-state index contributed by atoms with van der Waals surface area (Å²) in [5.41, 5.74) is 5.57. The van der Waals surface area contributed by atoms with Crippen LogP contribution in [0.5, 0.6) is 5.75 Å². The van der Waals surface area contributed by atoms with Gasteiger partial charge in [-0.25, -0.2) is 0 Å². The fraction of sp³-hybridized carbons (Fsp3) is 0.459. The van der Waals surface area contributed by atoms with Crippen molar-refractivity contribution in [3.8, 4) is 16.9 Å². The molecule has 0 aromatic heterocycles. The SMILES string of the molecule is CC(C)(C)OC(=O)CCc1cccc(-c2cc(CCC3CC3)cc(COc3ccccc3CC(=O)OC(C)(C)C)c2)c1. The maximum atomic E-state index is 12.5. The third kappa shape index (κ3) is 10.7. The zero-order chi connectivity index (χ0) is 30.3. The van der Waals surface area contributed by atoms with E-state index in [2.05, 4.69) is 42.5 Å². The predicted octanol–water partition coefficient (Wildman–Crippen LogP) is 8.43. The van der Waals surface area contributed by atoms with Crippen molar-refractivity contribution in [3.63, 3.8) is 0 Å². The van der Waals surface area contributed by atoms with E-state index in [1.807, 2.05) is 65.8 Å². The molecule has 0 spiro atoms. The van der Waals surface area contributed by atoms with Gasteiger partial charge in [0.05, 0.1) is 6.42 Å². The molecule has 0 atom stereocenters. The molecular formula is C37H46O5. The van der Waals surface area contributed by atoms with Crippen molar-refractivity contribution in [3.05, 3.63) is 89.0 Å². The van der Waals surface area contributed by atoms with Crippen LogP contribution in [-0.2, 0) is 44.9 Å². The van der Waals surface area contributed by atoms with Crippen LogP contribution in [0.1, 0.15) is 89.5 Å². The summed E-state index contributed by atoms with van der Waals surface area (Å²) in [7, 11) is 0. The molecule has 0 N–H and O–H groups in total. The Hall–Kier alpha value is -3.60. The van der Waals surface area contributed by atoms with Crippen molar-refractivity contribution >= 4 is 11.9 Å². The fourth-order valence-corrected chi connectivity index (χ4v) is 4.96. The normalized spacial score (nSPS) is 13.5. The van der Waals surface area contributed by atoms with Crippen LogP contribution >= 0.6 is 0 Å². The molecule has 3 aromatic carbocycles. The van der Waals surface area contributed by atoms with Crippen LogP contribution < -0.4 is 4.74 Å². The van der Waals surface area contributed by atoms with Crippen LogP contribution in [0, 0.1) is 5.92 Å². The molecule has 1 saturated carbocycles. The van der Waals surface area contributed by atoms with E-state index >= 15 is 0 Å². The molecule has 3 aromatic rings. The van der Waals surface area contributed by atoms with Gasteiger partial charge in [-0.2, -0.15) is 0 Å². The number of para-hydroxylation sites is 1. The lowest BCUT2D eigenvalue weighted by Crippen LogP contribution is -2.25. The summed E-state index contributed by atoms with van der Waals surface area (Å²) >= 11 is 0. The first-order valence-corrected chi connectivity index (χ1v) is 15.2. The van der Waals surface area contributed by atoms with E-state index in [0.29, 0.717) is 25.2 Å². The number of esters is 2. The highest BCUT2D eigenvalue weighted by Crippen LogP contribution is 2.34. The van der Waals surface area contributed by atoms with Gasteiger partial charge in [0, 0.05) is 12.0 Å². The van der Waals surface area contributed by atoms with E-state index in [0.717, 1.165) is 40.2 Å². The molecule has 0 heterocycles. The number of hydrogen-bond donors (Lipinski definition) is 0. The minimum Gasteiger partial charge on any atom is -0.489 e. The quantitative estimate of drug-likeness (QED) is 0.205. The highest BCUT2D eigenvalue weighted by Gasteiger charge is 2.21. The maximum absolute atomic E-state index is 12.5. The van der Waals surface area contributed by atoms with Crippen molar-refractivity contribution in [2.75, 3.05) is 0 Å². The van der Waals surface area contributed by atoms with Crippen LogP contribution in [-0.4, -0.2) is 23.1 Å². The van der Waals surface area contributed by atoms with Gasteiger partial charge in [0.25, 0.3) is 0 Å². The van der Waals surface area contributed by atoms with Gasteiger partial charge in [-0.15, -0.1) is 0 Å². The van der Waals surface area contributed by atoms with Gasteiger partial charge in [0.1, 0.15) is 23.6 Å². The van der Waals surface area contributed by atoms with E-state index in [-0.39, 0.29) is 18.4 Å². The summed E-state index contributed by atoms with van der Waals surface area (Å²) in [6, 6.07) is 22.8. The molecule has 0 radical (unpaired) electrons. The van der Waals surface area contributed by atoms with Crippen molar-refractivity contribution in [1.82, 2.24) is 0 Å². The third-order valence-electron chi connectivity index (χ3n) is 7.01. The molecule has 42 heavy (non-hydrogen) atoms. The Kier molecular flexibility index (Phi) is 10.1. The number of hydrogen-bond acceptors (Lipinski definition) is 5. The summed E-state index contributed by atoms with van der Waals surface area (Å²) in [6.45, 7) is 11.7. The topological polar surface area (TPSA) is 61.8 Å². The van der Waals surface area contributed by atoms with Crippen molar-refractivity contribution in [2.45, 2.75) is 104 Å². The summed E-state index contributed by atoms with van der Waals surface area (Å²) < 4.78 is 17.3. The number of rotatable bonds is 12. The molecule has 0 bridgehead atoms. The largest absolute Gasteiger partial charge is 0.489 e. The van der Waals surface area contributed by atoms with Gasteiger partial charge in [-0.1, -0.05) is 67.4 Å². The predicted molar refractivity (Wildman–Crippen MR) is 167 cm³/mol. The third-order valence-corrected chi connectivity index (χ3v) is 7.01. The summed E-state index contributed by atoms with van der Waals surface area (Å²) in [5, 5.41) is 0. The first-order valence-electron chi connectivity index (χ1n) is 15.2. The number of ether oxygens (including phenoxy) is 3. The Labute approximate surface area is 251 Å². The number of carbonyl (C=O) groups excluding carboxylic acids is 2. The second-order valence-corrected chi connectivity index (χ2v) is 13.5. The van der Waals surface area contributed by atoms with E-state index in [4.69, 9.17) is 14.2 Å². The number of carbonyl (C=O) groups is 2. The first-order chi connectivity index (χ1) is 19.8. The molecule has 224 valence electrons. The van der Waals surface area contributed by atoms with E-state index in [9.17, 15) is 9.59 Å². The lowest BCUT2D eigenvalue weighted by Gasteiger charge is -2.20. The van der Waals surface area contributed by atoms with Crippen LogP contribution in [0.4, 0.5) is 0 Å². The van der Waals surface area contributed by atoms with E-state index < -0.39 is 11.2 Å². The van der Waals surface area contributed by atoms with Crippen LogP contribution in [0.3, 0.4) is 0 Å². The molecule has 1 aliphatic carbocycles. The monoisotopic (exact) mass is 570 g/mol. The molecule has 1 fully saturated rings. The molecule has 5 nitrogen and oxygen atoms in total. The molecule has 0 saturated heterocycles. The van der Waals surface area contributed by atoms with Crippen molar-refractivity contribution in [2.24, 2.45) is 5.92 Å². The average molecular weight is 571 g/mol. The maximum Gasteiger partial charge on any atom is 0.310 e. The van der Waals surface area contributed by atoms with Gasteiger partial charge in [-0.3, -0.25) is 9.59 Å². The van der Waals surface area contributed by atoms with E-state index in [1.54, 1.807) is 0 Å². The van der Waals surface area contributed by atoms with E-state index in [1.165, 1.54) is 24.8 Å². The van der Waals surface area contributed by atoms with Crippen molar-refractivity contribution in [1.29, 1.82) is 0 Å². The highest BCUT2D eigenvalue weighted by molar-refractivity contribution is 5.74. The van der Waals surface area contributed by atoms with Gasteiger partial charge in [0.2, 0.25) is 0 Å². The standard InChI is InChI=1S/C37H46O5/c1-36(2,3)41-34(38)19-18-27-10-9-12-30(21-27)32-22-28(17-16-26-14-15-26)20-29(23-32)25-40-33-13-8-7-11-31(33)24-35(39)42-37(4,5)6/h7-13,20-23,26H,14-19,24-25H2,1-6H3. The smallest absolute Gasteiger partial charge is 0.310 e. The zero-order valence-corrected chi connectivity index (χ0v) is 26.1. The summed E-state index contributed by atoms with van der Waals surface area (Å²) in [6.07, 6.45) is 6.07. The Morgan fingerprint density at radius 1 is 0.714 bits per heavy atom.